The van der Waals surface area contributed by atoms with Gasteiger partial charge in [0.1, 0.15) is 0 Å². The molecule has 0 spiro atoms. The molecule has 3 rings (SSSR count). The van der Waals surface area contributed by atoms with Gasteiger partial charge in [0.2, 0.25) is 0 Å². The standard InChI is InChI=1S/C15H24N2S/c16-15(7-1-2-8-15)9-10-17(13-5-6-13)12-14-4-3-11-18-14/h3-4,11,13H,1-2,5-10,12,16H2. The molecule has 100 valence electrons. The summed E-state index contributed by atoms with van der Waals surface area (Å²) < 4.78 is 0. The lowest BCUT2D eigenvalue weighted by Crippen LogP contribution is -2.40. The van der Waals surface area contributed by atoms with Gasteiger partial charge in [-0.25, -0.2) is 0 Å². The average Bonchev–Trinajstić information content (AvgIpc) is 2.90. The molecular formula is C15H24N2S. The second-order valence-corrected chi connectivity index (χ2v) is 7.13. The fraction of sp³-hybridized carbons (Fsp3) is 0.733. The molecule has 3 heteroatoms. The maximum absolute atomic E-state index is 6.48. The van der Waals surface area contributed by atoms with Crippen LogP contribution in [-0.2, 0) is 6.54 Å². The van der Waals surface area contributed by atoms with Crippen LogP contribution in [-0.4, -0.2) is 23.0 Å². The minimum absolute atomic E-state index is 0.155. The van der Waals surface area contributed by atoms with Gasteiger partial charge in [0, 0.05) is 29.5 Å². The van der Waals surface area contributed by atoms with E-state index in [-0.39, 0.29) is 5.54 Å². The van der Waals surface area contributed by atoms with Crippen LogP contribution in [0.25, 0.3) is 0 Å². The van der Waals surface area contributed by atoms with Gasteiger partial charge in [-0.3, -0.25) is 4.90 Å². The van der Waals surface area contributed by atoms with Crippen LogP contribution in [0.3, 0.4) is 0 Å². The third-order valence-corrected chi connectivity index (χ3v) is 5.36. The molecule has 0 aromatic carbocycles. The van der Waals surface area contributed by atoms with Crippen molar-refractivity contribution in [2.75, 3.05) is 6.54 Å². The van der Waals surface area contributed by atoms with E-state index in [1.165, 1.54) is 56.4 Å². The topological polar surface area (TPSA) is 29.3 Å². The largest absolute Gasteiger partial charge is 0.325 e. The van der Waals surface area contributed by atoms with Crippen molar-refractivity contribution < 1.29 is 0 Å². The molecular weight excluding hydrogens is 240 g/mol. The zero-order valence-electron chi connectivity index (χ0n) is 11.1. The van der Waals surface area contributed by atoms with Gasteiger partial charge in [0.25, 0.3) is 0 Å². The van der Waals surface area contributed by atoms with Gasteiger partial charge in [-0.15, -0.1) is 11.3 Å². The predicted molar refractivity (Wildman–Crippen MR) is 77.8 cm³/mol. The first-order valence-electron chi connectivity index (χ1n) is 7.31. The lowest BCUT2D eigenvalue weighted by Gasteiger charge is -2.28. The van der Waals surface area contributed by atoms with Crippen molar-refractivity contribution in [3.8, 4) is 0 Å². The molecule has 1 aromatic rings. The van der Waals surface area contributed by atoms with Crippen molar-refractivity contribution in [3.05, 3.63) is 22.4 Å². The van der Waals surface area contributed by atoms with E-state index in [1.54, 1.807) is 0 Å². The summed E-state index contributed by atoms with van der Waals surface area (Å²) in [5.41, 5.74) is 6.63. The molecule has 2 aliphatic carbocycles. The van der Waals surface area contributed by atoms with E-state index in [9.17, 15) is 0 Å². The first-order chi connectivity index (χ1) is 8.75. The molecule has 0 bridgehead atoms. The van der Waals surface area contributed by atoms with Crippen LogP contribution in [0.2, 0.25) is 0 Å². The first kappa shape index (κ1) is 12.6. The SMILES string of the molecule is NC1(CCN(Cc2cccs2)C2CC2)CCCC1. The van der Waals surface area contributed by atoms with E-state index < -0.39 is 0 Å². The highest BCUT2D eigenvalue weighted by atomic mass is 32.1. The molecule has 0 atom stereocenters. The molecule has 0 unspecified atom stereocenters. The lowest BCUT2D eigenvalue weighted by molar-refractivity contribution is 0.224. The second-order valence-electron chi connectivity index (χ2n) is 6.10. The molecule has 2 saturated carbocycles. The average molecular weight is 264 g/mol. The summed E-state index contributed by atoms with van der Waals surface area (Å²) in [5, 5.41) is 2.18. The Bertz CT molecular complexity index is 364. The summed E-state index contributed by atoms with van der Waals surface area (Å²) in [5.74, 6) is 0. The predicted octanol–water partition coefficient (Wildman–Crippen LogP) is 3.37. The van der Waals surface area contributed by atoms with E-state index in [0.29, 0.717) is 0 Å². The smallest absolute Gasteiger partial charge is 0.0330 e. The van der Waals surface area contributed by atoms with Crippen LogP contribution >= 0.6 is 11.3 Å². The molecule has 18 heavy (non-hydrogen) atoms. The van der Waals surface area contributed by atoms with Gasteiger partial charge >= 0.3 is 0 Å². The lowest BCUT2D eigenvalue weighted by atomic mass is 9.94. The summed E-state index contributed by atoms with van der Waals surface area (Å²) in [6.07, 6.45) is 9.13. The number of rotatable bonds is 6. The van der Waals surface area contributed by atoms with Crippen molar-refractivity contribution in [1.29, 1.82) is 0 Å². The normalized spacial score (nSPS) is 22.8. The molecule has 2 nitrogen and oxygen atoms in total. The van der Waals surface area contributed by atoms with Crippen LogP contribution < -0.4 is 5.73 Å². The van der Waals surface area contributed by atoms with Crippen LogP contribution in [0.4, 0.5) is 0 Å². The Morgan fingerprint density at radius 2 is 2.11 bits per heavy atom. The maximum Gasteiger partial charge on any atom is 0.0330 e. The van der Waals surface area contributed by atoms with Gasteiger partial charge in [0.05, 0.1) is 0 Å². The van der Waals surface area contributed by atoms with Crippen molar-refractivity contribution in [2.24, 2.45) is 5.73 Å². The fourth-order valence-electron chi connectivity index (χ4n) is 3.13. The highest BCUT2D eigenvalue weighted by molar-refractivity contribution is 7.09. The molecule has 2 N–H and O–H groups in total. The first-order valence-corrected chi connectivity index (χ1v) is 8.18. The Hall–Kier alpha value is -0.380. The zero-order valence-corrected chi connectivity index (χ0v) is 11.9. The molecule has 0 saturated heterocycles. The third kappa shape index (κ3) is 3.14. The minimum Gasteiger partial charge on any atom is -0.325 e. The number of hydrogen-bond acceptors (Lipinski definition) is 3. The molecule has 1 heterocycles. The van der Waals surface area contributed by atoms with Crippen molar-refractivity contribution >= 4 is 11.3 Å². The molecule has 2 aliphatic rings. The monoisotopic (exact) mass is 264 g/mol. The van der Waals surface area contributed by atoms with Crippen LogP contribution in [0, 0.1) is 0 Å². The number of hydrogen-bond donors (Lipinski definition) is 1. The molecule has 0 radical (unpaired) electrons. The van der Waals surface area contributed by atoms with E-state index in [4.69, 9.17) is 5.73 Å². The van der Waals surface area contributed by atoms with E-state index >= 15 is 0 Å². The zero-order chi connectivity index (χ0) is 12.4. The molecule has 0 amide bonds. The van der Waals surface area contributed by atoms with Gasteiger partial charge in [0.15, 0.2) is 0 Å². The minimum atomic E-state index is 0.155. The van der Waals surface area contributed by atoms with E-state index in [1.807, 2.05) is 11.3 Å². The van der Waals surface area contributed by atoms with Crippen molar-refractivity contribution in [1.82, 2.24) is 4.90 Å². The van der Waals surface area contributed by atoms with Crippen LogP contribution in [0.5, 0.6) is 0 Å². The summed E-state index contributed by atoms with van der Waals surface area (Å²) >= 11 is 1.88. The third-order valence-electron chi connectivity index (χ3n) is 4.50. The Morgan fingerprint density at radius 1 is 1.33 bits per heavy atom. The van der Waals surface area contributed by atoms with E-state index in [2.05, 4.69) is 22.4 Å². The van der Waals surface area contributed by atoms with Gasteiger partial charge in [-0.1, -0.05) is 18.9 Å². The summed E-state index contributed by atoms with van der Waals surface area (Å²) in [6.45, 7) is 2.33. The highest BCUT2D eigenvalue weighted by Crippen LogP contribution is 2.33. The van der Waals surface area contributed by atoms with Crippen LogP contribution in [0.15, 0.2) is 17.5 Å². The van der Waals surface area contributed by atoms with Gasteiger partial charge in [-0.2, -0.15) is 0 Å². The molecule has 0 aliphatic heterocycles. The van der Waals surface area contributed by atoms with Crippen LogP contribution in [0.1, 0.15) is 49.8 Å². The number of nitrogens with two attached hydrogens (primary N) is 1. The summed E-state index contributed by atoms with van der Waals surface area (Å²) in [7, 11) is 0. The number of nitrogens with zero attached hydrogens (tertiary/aromatic N) is 1. The maximum atomic E-state index is 6.48. The van der Waals surface area contributed by atoms with Crippen molar-refractivity contribution in [3.63, 3.8) is 0 Å². The molecule has 1 aromatic heterocycles. The summed E-state index contributed by atoms with van der Waals surface area (Å²) in [6, 6.07) is 5.26. The molecule has 2 fully saturated rings. The van der Waals surface area contributed by atoms with Gasteiger partial charge < -0.3 is 5.73 Å². The number of thiophene rings is 1. The Kier molecular flexibility index (Phi) is 3.73. The Morgan fingerprint density at radius 3 is 2.72 bits per heavy atom. The summed E-state index contributed by atoms with van der Waals surface area (Å²) in [4.78, 5) is 4.16. The quantitative estimate of drug-likeness (QED) is 0.853. The second kappa shape index (κ2) is 5.32. The van der Waals surface area contributed by atoms with Gasteiger partial charge in [-0.05, 0) is 43.6 Å². The Balaban J connectivity index is 1.54. The van der Waals surface area contributed by atoms with Crippen molar-refractivity contribution in [2.45, 2.75) is 63.1 Å². The highest BCUT2D eigenvalue weighted by Gasteiger charge is 2.33. The fourth-order valence-corrected chi connectivity index (χ4v) is 3.86. The Labute approximate surface area is 114 Å². The van der Waals surface area contributed by atoms with E-state index in [0.717, 1.165) is 12.6 Å².